The predicted octanol–water partition coefficient (Wildman–Crippen LogP) is 2.46. The molecule has 0 atom stereocenters. The van der Waals surface area contributed by atoms with Crippen molar-refractivity contribution in [1.29, 1.82) is 0 Å². The van der Waals surface area contributed by atoms with Gasteiger partial charge in [-0.15, -0.1) is 0 Å². The van der Waals surface area contributed by atoms with Gasteiger partial charge in [0.25, 0.3) is 0 Å². The molecule has 5 nitrogen and oxygen atoms in total. The second kappa shape index (κ2) is 4.16. The van der Waals surface area contributed by atoms with Gasteiger partial charge in [0.05, 0.1) is 16.4 Å². The zero-order valence-electron chi connectivity index (χ0n) is 7.53. The van der Waals surface area contributed by atoms with E-state index in [1.807, 2.05) is 13.8 Å². The molecule has 1 rings (SSSR count). The molecule has 1 heterocycles. The van der Waals surface area contributed by atoms with E-state index in [-0.39, 0.29) is 0 Å². The molecule has 6 heteroatoms. The molecule has 0 aliphatic carbocycles. The lowest BCUT2D eigenvalue weighted by Gasteiger charge is -1.99. The Hall–Kier alpha value is -1.19. The summed E-state index contributed by atoms with van der Waals surface area (Å²) in [6.45, 7) is 4.70. The smallest absolute Gasteiger partial charge is 0.0844 e. The van der Waals surface area contributed by atoms with Gasteiger partial charge in [0.15, 0.2) is 0 Å². The monoisotopic (exact) mass is 199 g/mol. The summed E-state index contributed by atoms with van der Waals surface area (Å²) in [7, 11) is 0. The average molecular weight is 200 g/mol. The number of halogens is 1. The van der Waals surface area contributed by atoms with Gasteiger partial charge in [-0.1, -0.05) is 16.7 Å². The van der Waals surface area contributed by atoms with E-state index in [2.05, 4.69) is 15.1 Å². The molecule has 0 radical (unpaired) electrons. The molecule has 70 valence electrons. The van der Waals surface area contributed by atoms with Crippen molar-refractivity contribution < 1.29 is 0 Å². The highest BCUT2D eigenvalue weighted by molar-refractivity contribution is 6.31. The summed E-state index contributed by atoms with van der Waals surface area (Å²) in [5.74, 6) is 0. The van der Waals surface area contributed by atoms with Gasteiger partial charge in [-0.25, -0.2) is 0 Å². The molecule has 0 aliphatic rings. The van der Waals surface area contributed by atoms with Crippen molar-refractivity contribution in [3.8, 4) is 0 Å². The van der Waals surface area contributed by atoms with Crippen LogP contribution in [0.5, 0.6) is 0 Å². The van der Waals surface area contributed by atoms with Crippen molar-refractivity contribution in [2.45, 2.75) is 20.4 Å². The molecular formula is C7H10ClN5. The van der Waals surface area contributed by atoms with Gasteiger partial charge < -0.3 is 0 Å². The van der Waals surface area contributed by atoms with Gasteiger partial charge >= 0.3 is 0 Å². The van der Waals surface area contributed by atoms with Crippen molar-refractivity contribution in [2.75, 3.05) is 6.54 Å². The fraction of sp³-hybridized carbons (Fsp3) is 0.571. The molecule has 0 aromatic carbocycles. The van der Waals surface area contributed by atoms with Crippen LogP contribution in [0.25, 0.3) is 10.4 Å². The van der Waals surface area contributed by atoms with Crippen molar-refractivity contribution in [3.63, 3.8) is 0 Å². The number of aromatic nitrogens is 2. The van der Waals surface area contributed by atoms with E-state index in [1.54, 1.807) is 4.68 Å². The number of hydrogen-bond donors (Lipinski definition) is 0. The van der Waals surface area contributed by atoms with Crippen molar-refractivity contribution in [1.82, 2.24) is 9.78 Å². The number of nitrogens with zero attached hydrogens (tertiary/aromatic N) is 5. The maximum atomic E-state index is 8.08. The summed E-state index contributed by atoms with van der Waals surface area (Å²) < 4.78 is 1.74. The summed E-state index contributed by atoms with van der Waals surface area (Å²) in [4.78, 5) is 2.66. The van der Waals surface area contributed by atoms with Gasteiger partial charge in [0.1, 0.15) is 0 Å². The molecule has 13 heavy (non-hydrogen) atoms. The Balaban J connectivity index is 2.77. The average Bonchev–Trinajstić information content (AvgIpc) is 2.34. The number of rotatable bonds is 3. The number of aryl methyl sites for hydroxylation is 1. The first-order valence-corrected chi connectivity index (χ1v) is 4.25. The van der Waals surface area contributed by atoms with Gasteiger partial charge in [-0.2, -0.15) is 5.10 Å². The van der Waals surface area contributed by atoms with Crippen LogP contribution in [0.1, 0.15) is 11.4 Å². The lowest BCUT2D eigenvalue weighted by molar-refractivity contribution is 0.603. The molecule has 0 N–H and O–H groups in total. The van der Waals surface area contributed by atoms with E-state index in [9.17, 15) is 0 Å². The zero-order chi connectivity index (χ0) is 9.84. The first kappa shape index (κ1) is 9.89. The van der Waals surface area contributed by atoms with Gasteiger partial charge in [0.2, 0.25) is 0 Å². The number of hydrogen-bond acceptors (Lipinski definition) is 2. The molecule has 0 bridgehead atoms. The van der Waals surface area contributed by atoms with E-state index < -0.39 is 0 Å². The molecular weight excluding hydrogens is 190 g/mol. The van der Waals surface area contributed by atoms with Crippen LogP contribution in [0.15, 0.2) is 5.11 Å². The maximum Gasteiger partial charge on any atom is 0.0844 e. The summed E-state index contributed by atoms with van der Waals surface area (Å²) in [5.41, 5.74) is 9.79. The van der Waals surface area contributed by atoms with Crippen molar-refractivity contribution >= 4 is 11.6 Å². The zero-order valence-corrected chi connectivity index (χ0v) is 8.28. The quantitative estimate of drug-likeness (QED) is 0.419. The third kappa shape index (κ3) is 2.14. The Morgan fingerprint density at radius 3 is 2.77 bits per heavy atom. The van der Waals surface area contributed by atoms with Crippen LogP contribution in [-0.2, 0) is 6.54 Å². The lowest BCUT2D eigenvalue weighted by Crippen LogP contribution is -2.04. The first-order valence-electron chi connectivity index (χ1n) is 3.87. The minimum absolute atomic E-state index is 0.398. The van der Waals surface area contributed by atoms with Crippen LogP contribution in [0.3, 0.4) is 0 Å². The highest BCUT2D eigenvalue weighted by Gasteiger charge is 2.07. The summed E-state index contributed by atoms with van der Waals surface area (Å²) >= 11 is 5.92. The Morgan fingerprint density at radius 1 is 1.62 bits per heavy atom. The molecule has 0 fully saturated rings. The summed E-state index contributed by atoms with van der Waals surface area (Å²) in [6.07, 6.45) is 0. The largest absolute Gasteiger partial charge is 0.268 e. The second-order valence-corrected chi connectivity index (χ2v) is 3.04. The van der Waals surface area contributed by atoms with Crippen molar-refractivity contribution in [2.24, 2.45) is 5.11 Å². The Labute approximate surface area is 80.9 Å². The van der Waals surface area contributed by atoms with E-state index in [4.69, 9.17) is 17.1 Å². The topological polar surface area (TPSA) is 66.6 Å². The van der Waals surface area contributed by atoms with Crippen molar-refractivity contribution in [3.05, 3.63) is 26.9 Å². The normalized spacial score (nSPS) is 9.77. The van der Waals surface area contributed by atoms with Crippen LogP contribution < -0.4 is 0 Å². The minimum atomic E-state index is 0.398. The molecule has 1 aromatic heterocycles. The van der Waals surface area contributed by atoms with Gasteiger partial charge in [0, 0.05) is 18.0 Å². The van der Waals surface area contributed by atoms with E-state index in [1.165, 1.54) is 0 Å². The Bertz CT molecular complexity index is 350. The van der Waals surface area contributed by atoms with Crippen LogP contribution in [-0.4, -0.2) is 16.3 Å². The van der Waals surface area contributed by atoms with Gasteiger partial charge in [-0.05, 0) is 19.4 Å². The highest BCUT2D eigenvalue weighted by atomic mass is 35.5. The van der Waals surface area contributed by atoms with Gasteiger partial charge in [-0.3, -0.25) is 4.68 Å². The molecule has 0 saturated heterocycles. The number of azide groups is 1. The van der Waals surface area contributed by atoms with E-state index in [0.717, 1.165) is 11.4 Å². The highest BCUT2D eigenvalue weighted by Crippen LogP contribution is 2.18. The Kier molecular flexibility index (Phi) is 3.17. The molecule has 0 aliphatic heterocycles. The van der Waals surface area contributed by atoms with Crippen LogP contribution in [0.4, 0.5) is 0 Å². The molecule has 0 spiro atoms. The van der Waals surface area contributed by atoms with Crippen LogP contribution in [0, 0.1) is 13.8 Å². The molecule has 0 unspecified atom stereocenters. The Morgan fingerprint density at radius 2 is 2.31 bits per heavy atom. The fourth-order valence-corrected chi connectivity index (χ4v) is 1.21. The lowest BCUT2D eigenvalue weighted by atomic mass is 10.4. The summed E-state index contributed by atoms with van der Waals surface area (Å²) in [5, 5.41) is 8.29. The second-order valence-electron chi connectivity index (χ2n) is 2.66. The third-order valence-electron chi connectivity index (χ3n) is 1.77. The van der Waals surface area contributed by atoms with E-state index in [0.29, 0.717) is 18.1 Å². The SMILES string of the molecule is Cc1nn(CCN=[N+]=[N-])c(C)c1Cl. The molecule has 1 aromatic rings. The predicted molar refractivity (Wildman–Crippen MR) is 50.7 cm³/mol. The maximum absolute atomic E-state index is 8.08. The van der Waals surface area contributed by atoms with Crippen LogP contribution >= 0.6 is 11.6 Å². The molecule has 0 amide bonds. The third-order valence-corrected chi connectivity index (χ3v) is 2.32. The first-order chi connectivity index (χ1) is 6.16. The minimum Gasteiger partial charge on any atom is -0.268 e. The standard InChI is InChI=1S/C7H10ClN5/c1-5-7(8)6(2)13(11-5)4-3-10-12-9/h3-4H2,1-2H3. The summed E-state index contributed by atoms with van der Waals surface area (Å²) in [6, 6.07) is 0. The molecule has 0 saturated carbocycles. The fourth-order valence-electron chi connectivity index (χ4n) is 1.08. The van der Waals surface area contributed by atoms with Crippen LogP contribution in [0.2, 0.25) is 5.02 Å². The van der Waals surface area contributed by atoms with E-state index >= 15 is 0 Å².